The van der Waals surface area contributed by atoms with E-state index in [0.717, 1.165) is 22.2 Å². The summed E-state index contributed by atoms with van der Waals surface area (Å²) in [4.78, 5) is 25.4. The molecule has 0 unspecified atom stereocenters. The van der Waals surface area contributed by atoms with Crippen LogP contribution in [-0.4, -0.2) is 33.9 Å². The number of carbonyl (C=O) groups is 2. The molecule has 24 heavy (non-hydrogen) atoms. The largest absolute Gasteiger partial charge is 0.548 e. The van der Waals surface area contributed by atoms with Crippen molar-refractivity contribution in [1.82, 2.24) is 4.90 Å². The zero-order valence-corrected chi connectivity index (χ0v) is 14.4. The van der Waals surface area contributed by atoms with Gasteiger partial charge in [-0.3, -0.25) is 9.69 Å². The topological polar surface area (TPSA) is 78.9 Å². The number of thiocarbonyl (C=S) groups is 1. The third kappa shape index (κ3) is 3.11. The molecule has 0 bridgehead atoms. The minimum absolute atomic E-state index is 0.172. The van der Waals surface area contributed by atoms with E-state index in [1.165, 1.54) is 0 Å². The first-order chi connectivity index (χ1) is 11.5. The van der Waals surface area contributed by atoms with Crippen molar-refractivity contribution in [2.24, 2.45) is 0 Å². The molecule has 0 aromatic heterocycles. The standard InChI is InChI=1S/C16H15NO5S2/c1-2-3-10(15(19)20)17-14(18)13(24-16(17)23)7-9-4-5-11-12(6-9)22-8-21-11/h4-7,10H,2-3,8H2,1H3,(H,19,20)/p-1/b13-7-/t10-/m0/s1. The van der Waals surface area contributed by atoms with E-state index in [1.807, 2.05) is 6.92 Å². The van der Waals surface area contributed by atoms with E-state index in [0.29, 0.717) is 29.2 Å². The SMILES string of the molecule is CCC[C@@H](C(=O)[O-])N1C(=O)/C(=C/c2ccc3c(c2)OCO3)SC1=S. The van der Waals surface area contributed by atoms with Gasteiger partial charge in [0.15, 0.2) is 11.5 Å². The van der Waals surface area contributed by atoms with Gasteiger partial charge in [-0.25, -0.2) is 0 Å². The lowest BCUT2D eigenvalue weighted by atomic mass is 10.1. The Morgan fingerprint density at radius 3 is 2.92 bits per heavy atom. The molecule has 1 amide bonds. The molecule has 1 aromatic rings. The summed E-state index contributed by atoms with van der Waals surface area (Å²) in [6.07, 6.45) is 2.57. The molecule has 0 spiro atoms. The summed E-state index contributed by atoms with van der Waals surface area (Å²) in [6, 6.07) is 4.28. The van der Waals surface area contributed by atoms with Crippen LogP contribution < -0.4 is 14.6 Å². The van der Waals surface area contributed by atoms with Crippen LogP contribution >= 0.6 is 24.0 Å². The van der Waals surface area contributed by atoms with Crippen LogP contribution in [0.1, 0.15) is 25.3 Å². The van der Waals surface area contributed by atoms with Gasteiger partial charge in [-0.15, -0.1) is 0 Å². The molecular weight excluding hydrogens is 350 g/mol. The number of hydrogen-bond donors (Lipinski definition) is 0. The predicted molar refractivity (Wildman–Crippen MR) is 91.3 cm³/mol. The maximum absolute atomic E-state index is 12.6. The van der Waals surface area contributed by atoms with E-state index in [4.69, 9.17) is 21.7 Å². The minimum atomic E-state index is -1.29. The molecule has 0 N–H and O–H groups in total. The fraction of sp³-hybridized carbons (Fsp3) is 0.312. The van der Waals surface area contributed by atoms with Gasteiger partial charge in [0, 0.05) is 0 Å². The number of hydrogen-bond acceptors (Lipinski definition) is 7. The number of thioether (sulfide) groups is 1. The summed E-state index contributed by atoms with van der Waals surface area (Å²) >= 11 is 6.28. The highest BCUT2D eigenvalue weighted by Gasteiger charge is 2.37. The van der Waals surface area contributed by atoms with Crippen LogP contribution in [0.3, 0.4) is 0 Å². The molecule has 126 valence electrons. The van der Waals surface area contributed by atoms with Gasteiger partial charge < -0.3 is 19.4 Å². The average molecular weight is 364 g/mol. The fourth-order valence-corrected chi connectivity index (χ4v) is 3.89. The molecular formula is C16H14NO5S2-. The monoisotopic (exact) mass is 364 g/mol. The maximum Gasteiger partial charge on any atom is 0.266 e. The van der Waals surface area contributed by atoms with E-state index in [1.54, 1.807) is 24.3 Å². The zero-order chi connectivity index (χ0) is 17.3. The molecule has 6 nitrogen and oxygen atoms in total. The van der Waals surface area contributed by atoms with Gasteiger partial charge >= 0.3 is 0 Å². The van der Waals surface area contributed by atoms with Crippen LogP contribution in [-0.2, 0) is 9.59 Å². The lowest BCUT2D eigenvalue weighted by Gasteiger charge is -2.27. The fourth-order valence-electron chi connectivity index (χ4n) is 2.53. The number of nitrogens with zero attached hydrogens (tertiary/aromatic N) is 1. The number of carboxylic acid groups (broad SMARTS) is 1. The van der Waals surface area contributed by atoms with Crippen molar-refractivity contribution in [1.29, 1.82) is 0 Å². The highest BCUT2D eigenvalue weighted by molar-refractivity contribution is 8.26. The highest BCUT2D eigenvalue weighted by Crippen LogP contribution is 2.37. The third-order valence-electron chi connectivity index (χ3n) is 3.66. The van der Waals surface area contributed by atoms with Crippen LogP contribution in [0.15, 0.2) is 23.1 Å². The second-order valence-electron chi connectivity index (χ2n) is 5.29. The average Bonchev–Trinajstić information content (AvgIpc) is 3.10. The van der Waals surface area contributed by atoms with Gasteiger partial charge in [0.1, 0.15) is 4.32 Å². The van der Waals surface area contributed by atoms with Gasteiger partial charge in [-0.1, -0.05) is 43.4 Å². The Morgan fingerprint density at radius 1 is 1.46 bits per heavy atom. The molecule has 2 heterocycles. The van der Waals surface area contributed by atoms with Gasteiger partial charge in [0.05, 0.1) is 16.9 Å². The molecule has 0 aliphatic carbocycles. The number of carboxylic acids is 1. The number of fused-ring (bicyclic) bond motifs is 1. The molecule has 2 aliphatic rings. The molecule has 8 heteroatoms. The lowest BCUT2D eigenvalue weighted by Crippen LogP contribution is -2.49. The second-order valence-corrected chi connectivity index (χ2v) is 6.96. The van der Waals surface area contributed by atoms with Crippen LogP contribution in [0.4, 0.5) is 0 Å². The molecule has 0 radical (unpaired) electrons. The number of amides is 1. The number of aliphatic carboxylic acids is 1. The lowest BCUT2D eigenvalue weighted by molar-refractivity contribution is -0.310. The van der Waals surface area contributed by atoms with E-state index in [9.17, 15) is 14.7 Å². The molecule has 1 atom stereocenters. The normalized spacial score (nSPS) is 19.2. The van der Waals surface area contributed by atoms with Crippen LogP contribution in [0.25, 0.3) is 6.08 Å². The molecule has 3 rings (SSSR count). The summed E-state index contributed by atoms with van der Waals surface area (Å²) in [5.74, 6) is -0.444. The smallest absolute Gasteiger partial charge is 0.266 e. The molecule has 1 fully saturated rings. The first-order valence-corrected chi connectivity index (χ1v) is 8.61. The molecule has 1 saturated heterocycles. The second kappa shape index (κ2) is 6.82. The minimum Gasteiger partial charge on any atom is -0.548 e. The number of benzene rings is 1. The summed E-state index contributed by atoms with van der Waals surface area (Å²) in [5, 5.41) is 11.3. The number of rotatable bonds is 5. The van der Waals surface area contributed by atoms with Crippen LogP contribution in [0.5, 0.6) is 11.5 Å². The van der Waals surface area contributed by atoms with Crippen molar-refractivity contribution in [2.75, 3.05) is 6.79 Å². The Balaban J connectivity index is 1.86. The van der Waals surface area contributed by atoms with Crippen molar-refractivity contribution in [2.45, 2.75) is 25.8 Å². The van der Waals surface area contributed by atoms with Crippen molar-refractivity contribution in [3.8, 4) is 11.5 Å². The van der Waals surface area contributed by atoms with Gasteiger partial charge in [-0.2, -0.15) is 0 Å². The third-order valence-corrected chi connectivity index (χ3v) is 4.99. The van der Waals surface area contributed by atoms with Gasteiger partial charge in [-0.05, 0) is 30.2 Å². The van der Waals surface area contributed by atoms with Gasteiger partial charge in [0.2, 0.25) is 6.79 Å². The van der Waals surface area contributed by atoms with E-state index in [-0.39, 0.29) is 11.1 Å². The summed E-state index contributed by atoms with van der Waals surface area (Å²) in [6.45, 7) is 2.02. The van der Waals surface area contributed by atoms with Crippen molar-refractivity contribution in [3.63, 3.8) is 0 Å². The summed E-state index contributed by atoms with van der Waals surface area (Å²) < 4.78 is 10.8. The molecule has 0 saturated carbocycles. The molecule has 1 aromatic carbocycles. The zero-order valence-electron chi connectivity index (χ0n) is 12.8. The summed E-state index contributed by atoms with van der Waals surface area (Å²) in [5.41, 5.74) is 0.750. The maximum atomic E-state index is 12.6. The van der Waals surface area contributed by atoms with Crippen LogP contribution in [0, 0.1) is 0 Å². The first kappa shape index (κ1) is 16.8. The van der Waals surface area contributed by atoms with Gasteiger partial charge in [0.25, 0.3) is 5.91 Å². The quantitative estimate of drug-likeness (QED) is 0.579. The Labute approximate surface area is 148 Å². The van der Waals surface area contributed by atoms with E-state index in [2.05, 4.69) is 0 Å². The number of carbonyl (C=O) groups excluding carboxylic acids is 2. The first-order valence-electron chi connectivity index (χ1n) is 7.39. The highest BCUT2D eigenvalue weighted by atomic mass is 32.2. The van der Waals surface area contributed by atoms with Crippen molar-refractivity contribution < 1.29 is 24.2 Å². The van der Waals surface area contributed by atoms with E-state index >= 15 is 0 Å². The summed E-state index contributed by atoms with van der Waals surface area (Å²) in [7, 11) is 0. The predicted octanol–water partition coefficient (Wildman–Crippen LogP) is 1.54. The van der Waals surface area contributed by atoms with Crippen LogP contribution in [0.2, 0.25) is 0 Å². The Morgan fingerprint density at radius 2 is 2.21 bits per heavy atom. The Hall–Kier alpha value is -2.06. The Kier molecular flexibility index (Phi) is 4.77. The van der Waals surface area contributed by atoms with Crippen molar-refractivity contribution in [3.05, 3.63) is 28.7 Å². The van der Waals surface area contributed by atoms with E-state index < -0.39 is 17.9 Å². The molecule has 2 aliphatic heterocycles. The number of ether oxygens (including phenoxy) is 2. The Bertz CT molecular complexity index is 746. The van der Waals surface area contributed by atoms with Crippen molar-refractivity contribution >= 4 is 46.3 Å².